The van der Waals surface area contributed by atoms with Gasteiger partial charge in [0, 0.05) is 30.6 Å². The first kappa shape index (κ1) is 9.73. The van der Waals surface area contributed by atoms with E-state index >= 15 is 0 Å². The Labute approximate surface area is 81.5 Å². The van der Waals surface area contributed by atoms with Crippen molar-refractivity contribution in [1.82, 2.24) is 4.90 Å². The van der Waals surface area contributed by atoms with Crippen molar-refractivity contribution in [1.29, 1.82) is 0 Å². The van der Waals surface area contributed by atoms with Crippen LogP contribution in [0.25, 0.3) is 0 Å². The van der Waals surface area contributed by atoms with Crippen LogP contribution in [0.4, 0.5) is 0 Å². The molecule has 2 aliphatic rings. The third kappa shape index (κ3) is 1.71. The minimum Gasteiger partial charge on any atom is -0.389 e. The molecule has 4 atom stereocenters. The molecule has 0 saturated carbocycles. The van der Waals surface area contributed by atoms with E-state index in [2.05, 4.69) is 4.90 Å². The van der Waals surface area contributed by atoms with Gasteiger partial charge in [0.25, 0.3) is 0 Å². The molecule has 5 heteroatoms. The van der Waals surface area contributed by atoms with Gasteiger partial charge in [-0.15, -0.1) is 0 Å². The van der Waals surface area contributed by atoms with Crippen LogP contribution in [-0.2, 0) is 0 Å². The van der Waals surface area contributed by atoms with E-state index in [1.165, 1.54) is 0 Å². The van der Waals surface area contributed by atoms with E-state index in [0.29, 0.717) is 6.54 Å². The first-order chi connectivity index (χ1) is 6.20. The van der Waals surface area contributed by atoms with Crippen molar-refractivity contribution in [3.8, 4) is 0 Å². The molecule has 3 N–H and O–H groups in total. The van der Waals surface area contributed by atoms with E-state index < -0.39 is 18.3 Å². The maximum absolute atomic E-state index is 9.68. The van der Waals surface area contributed by atoms with E-state index in [1.807, 2.05) is 0 Å². The maximum Gasteiger partial charge on any atom is 0.109 e. The third-order valence-corrected chi connectivity index (χ3v) is 3.89. The highest BCUT2D eigenvalue weighted by Crippen LogP contribution is 2.25. The van der Waals surface area contributed by atoms with Gasteiger partial charge in [-0.2, -0.15) is 11.8 Å². The summed E-state index contributed by atoms with van der Waals surface area (Å²) in [5, 5.41) is 28.6. The van der Waals surface area contributed by atoms with Crippen LogP contribution in [-0.4, -0.2) is 69.2 Å². The predicted octanol–water partition coefficient (Wildman–Crippen LogP) is -1.50. The van der Waals surface area contributed by atoms with E-state index in [4.69, 9.17) is 0 Å². The van der Waals surface area contributed by atoms with Gasteiger partial charge in [-0.05, 0) is 0 Å². The van der Waals surface area contributed by atoms with Crippen molar-refractivity contribution in [3.05, 3.63) is 0 Å². The molecule has 0 amide bonds. The van der Waals surface area contributed by atoms with Crippen LogP contribution in [0.2, 0.25) is 0 Å². The molecule has 2 heterocycles. The van der Waals surface area contributed by atoms with Gasteiger partial charge >= 0.3 is 0 Å². The first-order valence-corrected chi connectivity index (χ1v) is 5.71. The van der Waals surface area contributed by atoms with Crippen molar-refractivity contribution in [2.75, 3.05) is 24.6 Å². The molecule has 0 aromatic carbocycles. The Kier molecular flexibility index (Phi) is 2.80. The molecule has 0 aromatic heterocycles. The maximum atomic E-state index is 9.68. The molecule has 2 rings (SSSR count). The summed E-state index contributed by atoms with van der Waals surface area (Å²) in [6, 6.07) is 0.0251. The Morgan fingerprint density at radius 2 is 1.92 bits per heavy atom. The molecular formula is C8H15NO3S. The number of fused-ring (bicyclic) bond motifs is 1. The molecule has 76 valence electrons. The Bertz CT molecular complexity index is 190. The number of rotatable bonds is 0. The highest BCUT2D eigenvalue weighted by molar-refractivity contribution is 7.99. The van der Waals surface area contributed by atoms with Crippen LogP contribution in [0.15, 0.2) is 0 Å². The predicted molar refractivity (Wildman–Crippen MR) is 50.7 cm³/mol. The number of nitrogens with zero attached hydrogens (tertiary/aromatic N) is 1. The minimum atomic E-state index is -0.972. The lowest BCUT2D eigenvalue weighted by Gasteiger charge is -2.45. The monoisotopic (exact) mass is 205 g/mol. The van der Waals surface area contributed by atoms with Gasteiger partial charge in [0.1, 0.15) is 6.10 Å². The second kappa shape index (κ2) is 3.74. The van der Waals surface area contributed by atoms with Crippen molar-refractivity contribution < 1.29 is 15.3 Å². The number of hydrogen-bond donors (Lipinski definition) is 3. The van der Waals surface area contributed by atoms with Gasteiger partial charge in [0.15, 0.2) is 0 Å². The molecule has 0 spiro atoms. The van der Waals surface area contributed by atoms with E-state index in [0.717, 1.165) is 18.1 Å². The lowest BCUT2D eigenvalue weighted by molar-refractivity contribution is -0.131. The lowest BCUT2D eigenvalue weighted by atomic mass is 9.95. The molecule has 13 heavy (non-hydrogen) atoms. The molecule has 0 bridgehead atoms. The average molecular weight is 205 g/mol. The zero-order valence-electron chi connectivity index (χ0n) is 7.33. The smallest absolute Gasteiger partial charge is 0.109 e. The van der Waals surface area contributed by atoms with E-state index in [1.54, 1.807) is 11.8 Å². The van der Waals surface area contributed by atoms with Gasteiger partial charge in [-0.25, -0.2) is 0 Å². The number of thioether (sulfide) groups is 1. The number of hydrogen-bond acceptors (Lipinski definition) is 5. The summed E-state index contributed by atoms with van der Waals surface area (Å²) >= 11 is 1.79. The summed E-state index contributed by atoms with van der Waals surface area (Å²) in [5.41, 5.74) is 0. The van der Waals surface area contributed by atoms with Gasteiger partial charge < -0.3 is 15.3 Å². The topological polar surface area (TPSA) is 63.9 Å². The molecule has 0 aliphatic carbocycles. The largest absolute Gasteiger partial charge is 0.389 e. The minimum absolute atomic E-state index is 0.0251. The van der Waals surface area contributed by atoms with Crippen LogP contribution in [0.3, 0.4) is 0 Å². The molecule has 4 nitrogen and oxygen atoms in total. The lowest BCUT2D eigenvalue weighted by Crippen LogP contribution is -2.63. The molecule has 2 saturated heterocycles. The summed E-state index contributed by atoms with van der Waals surface area (Å²) in [7, 11) is 0. The van der Waals surface area contributed by atoms with Crippen molar-refractivity contribution in [3.63, 3.8) is 0 Å². The first-order valence-electron chi connectivity index (χ1n) is 4.56. The normalized spacial score (nSPS) is 47.3. The zero-order chi connectivity index (χ0) is 9.42. The van der Waals surface area contributed by atoms with E-state index in [9.17, 15) is 15.3 Å². The van der Waals surface area contributed by atoms with Gasteiger partial charge in [-0.1, -0.05) is 0 Å². The van der Waals surface area contributed by atoms with Crippen molar-refractivity contribution in [2.45, 2.75) is 24.4 Å². The van der Waals surface area contributed by atoms with E-state index in [-0.39, 0.29) is 6.04 Å². The molecule has 2 fully saturated rings. The Hall–Kier alpha value is 0.190. The number of aliphatic hydroxyl groups is 3. The fourth-order valence-electron chi connectivity index (χ4n) is 2.00. The molecule has 0 radical (unpaired) electrons. The highest BCUT2D eigenvalue weighted by Gasteiger charge is 2.42. The number of piperidine rings is 1. The van der Waals surface area contributed by atoms with Crippen molar-refractivity contribution in [2.24, 2.45) is 0 Å². The van der Waals surface area contributed by atoms with Gasteiger partial charge in [-0.3, -0.25) is 4.90 Å². The van der Waals surface area contributed by atoms with Crippen LogP contribution in [0, 0.1) is 0 Å². The molecule has 0 unspecified atom stereocenters. The highest BCUT2D eigenvalue weighted by atomic mass is 32.2. The van der Waals surface area contributed by atoms with Crippen molar-refractivity contribution >= 4 is 11.8 Å². The third-order valence-electron chi connectivity index (χ3n) is 2.84. The molecular weight excluding hydrogens is 190 g/mol. The molecule has 2 aliphatic heterocycles. The fraction of sp³-hybridized carbons (Fsp3) is 1.00. The summed E-state index contributed by atoms with van der Waals surface area (Å²) < 4.78 is 0. The average Bonchev–Trinajstić information content (AvgIpc) is 2.15. The molecule has 0 aromatic rings. The SMILES string of the molecule is O[C@@H]1[C@H](O)[C@@H](O)CN2CCSC[C@@H]12. The second-order valence-corrected chi connectivity index (χ2v) is 4.84. The van der Waals surface area contributed by atoms with Crippen LogP contribution in [0.1, 0.15) is 0 Å². The summed E-state index contributed by atoms with van der Waals surface area (Å²) in [5.74, 6) is 1.90. The Morgan fingerprint density at radius 3 is 2.69 bits per heavy atom. The fourth-order valence-corrected chi connectivity index (χ4v) is 3.18. The second-order valence-electron chi connectivity index (χ2n) is 3.69. The Balaban J connectivity index is 2.08. The van der Waals surface area contributed by atoms with Crippen LogP contribution in [0.5, 0.6) is 0 Å². The number of aliphatic hydroxyl groups excluding tert-OH is 3. The summed E-state index contributed by atoms with van der Waals surface area (Å²) in [4.78, 5) is 2.07. The summed E-state index contributed by atoms with van der Waals surface area (Å²) in [6.45, 7) is 1.39. The van der Waals surface area contributed by atoms with Gasteiger partial charge in [0.05, 0.1) is 12.2 Å². The van der Waals surface area contributed by atoms with Crippen LogP contribution < -0.4 is 0 Å². The standard InChI is InChI=1S/C8H15NO3S/c10-6-3-9-1-2-13-4-5(9)7(11)8(6)12/h5-8,10-12H,1-4H2/t5-,6-,7-,8+/m0/s1. The van der Waals surface area contributed by atoms with Crippen LogP contribution >= 0.6 is 11.8 Å². The summed E-state index contributed by atoms with van der Waals surface area (Å²) in [6.07, 6.45) is -2.56. The quantitative estimate of drug-likeness (QED) is 0.449. The zero-order valence-corrected chi connectivity index (χ0v) is 8.15. The van der Waals surface area contributed by atoms with Gasteiger partial charge in [0.2, 0.25) is 0 Å². The Morgan fingerprint density at radius 1 is 1.15 bits per heavy atom.